The minimum atomic E-state index is -4.42. The standard InChI is InChI=1S/C23H23F4N7O/c1-14-13-35-9-8-34(14)21-19(24)12-28-22(32-21)33-29-11-18-6-7-20(15(2)30-18)31-17-5-3-4-16(10-17)23(25,26)27/h3-7,10-12,14,31H,8-9,13H2,1-2H3,(H,28,32,33)/b29-11+. The normalized spacial score (nSPS) is 16.5. The summed E-state index contributed by atoms with van der Waals surface area (Å²) in [6.45, 7) is 5.12. The number of hydrogen-bond acceptors (Lipinski definition) is 8. The van der Waals surface area contributed by atoms with Crippen LogP contribution in [0.25, 0.3) is 0 Å². The molecule has 0 aliphatic carbocycles. The fourth-order valence-corrected chi connectivity index (χ4v) is 3.52. The van der Waals surface area contributed by atoms with Crippen LogP contribution in [0.4, 0.5) is 40.7 Å². The van der Waals surface area contributed by atoms with Crippen LogP contribution in [0.5, 0.6) is 0 Å². The molecule has 1 fully saturated rings. The molecule has 35 heavy (non-hydrogen) atoms. The van der Waals surface area contributed by atoms with E-state index in [0.29, 0.717) is 42.5 Å². The van der Waals surface area contributed by atoms with Gasteiger partial charge in [0, 0.05) is 12.2 Å². The third-order valence-corrected chi connectivity index (χ3v) is 5.30. The average Bonchev–Trinajstić information content (AvgIpc) is 2.82. The van der Waals surface area contributed by atoms with E-state index in [1.807, 2.05) is 11.8 Å². The van der Waals surface area contributed by atoms with E-state index >= 15 is 0 Å². The summed E-state index contributed by atoms with van der Waals surface area (Å²) in [6.07, 6.45) is -1.91. The van der Waals surface area contributed by atoms with Crippen molar-refractivity contribution in [2.24, 2.45) is 5.10 Å². The summed E-state index contributed by atoms with van der Waals surface area (Å²) >= 11 is 0. The molecule has 1 unspecified atom stereocenters. The van der Waals surface area contributed by atoms with E-state index in [1.54, 1.807) is 25.1 Å². The van der Waals surface area contributed by atoms with E-state index in [9.17, 15) is 17.6 Å². The zero-order valence-electron chi connectivity index (χ0n) is 19.0. The van der Waals surface area contributed by atoms with Crippen molar-refractivity contribution >= 4 is 29.4 Å². The third kappa shape index (κ3) is 6.01. The Labute approximate surface area is 199 Å². The highest BCUT2D eigenvalue weighted by Gasteiger charge is 2.30. The highest BCUT2D eigenvalue weighted by Crippen LogP contribution is 2.31. The molecule has 3 aromatic rings. The Kier molecular flexibility index (Phi) is 7.10. The molecule has 0 saturated carbocycles. The van der Waals surface area contributed by atoms with Gasteiger partial charge in [0.15, 0.2) is 11.6 Å². The van der Waals surface area contributed by atoms with Crippen LogP contribution >= 0.6 is 0 Å². The predicted octanol–water partition coefficient (Wildman–Crippen LogP) is 4.75. The van der Waals surface area contributed by atoms with Gasteiger partial charge in [-0.05, 0) is 44.2 Å². The second-order valence-corrected chi connectivity index (χ2v) is 7.93. The number of halogens is 4. The van der Waals surface area contributed by atoms with Crippen molar-refractivity contribution in [1.82, 2.24) is 15.0 Å². The monoisotopic (exact) mass is 489 g/mol. The van der Waals surface area contributed by atoms with Crippen molar-refractivity contribution < 1.29 is 22.3 Å². The summed E-state index contributed by atoms with van der Waals surface area (Å²) in [5.74, 6) is -0.238. The number of aromatic nitrogens is 3. The molecule has 3 heterocycles. The van der Waals surface area contributed by atoms with Crippen LogP contribution in [0, 0.1) is 12.7 Å². The number of morpholine rings is 1. The molecule has 4 rings (SSSR count). The number of alkyl halides is 3. The van der Waals surface area contributed by atoms with Crippen LogP contribution in [-0.2, 0) is 10.9 Å². The molecule has 1 atom stereocenters. The zero-order chi connectivity index (χ0) is 25.0. The highest BCUT2D eigenvalue weighted by molar-refractivity contribution is 5.78. The molecular weight excluding hydrogens is 466 g/mol. The van der Waals surface area contributed by atoms with E-state index in [2.05, 4.69) is 30.8 Å². The summed E-state index contributed by atoms with van der Waals surface area (Å²) in [4.78, 5) is 14.3. The lowest BCUT2D eigenvalue weighted by atomic mass is 10.2. The Bertz CT molecular complexity index is 1220. The van der Waals surface area contributed by atoms with Gasteiger partial charge in [-0.3, -0.25) is 0 Å². The lowest BCUT2D eigenvalue weighted by molar-refractivity contribution is -0.137. The molecule has 0 radical (unpaired) electrons. The number of anilines is 4. The van der Waals surface area contributed by atoms with E-state index in [0.717, 1.165) is 18.3 Å². The van der Waals surface area contributed by atoms with Gasteiger partial charge in [-0.25, -0.2) is 19.8 Å². The molecule has 8 nitrogen and oxygen atoms in total. The number of aryl methyl sites for hydroxylation is 1. The molecule has 0 amide bonds. The zero-order valence-corrected chi connectivity index (χ0v) is 19.0. The molecule has 2 aromatic heterocycles. The van der Waals surface area contributed by atoms with Gasteiger partial charge >= 0.3 is 6.18 Å². The minimum Gasteiger partial charge on any atom is -0.377 e. The Balaban J connectivity index is 1.42. The number of benzene rings is 1. The third-order valence-electron chi connectivity index (χ3n) is 5.30. The van der Waals surface area contributed by atoms with Crippen molar-refractivity contribution in [2.75, 3.05) is 35.4 Å². The van der Waals surface area contributed by atoms with Crippen molar-refractivity contribution in [1.29, 1.82) is 0 Å². The fraction of sp³-hybridized carbons (Fsp3) is 0.304. The van der Waals surface area contributed by atoms with Crippen LogP contribution in [-0.4, -0.2) is 47.0 Å². The maximum Gasteiger partial charge on any atom is 0.416 e. The smallest absolute Gasteiger partial charge is 0.377 e. The summed E-state index contributed by atoms with van der Waals surface area (Å²) in [6, 6.07) is 8.24. The molecule has 1 aromatic carbocycles. The first-order chi connectivity index (χ1) is 16.7. The van der Waals surface area contributed by atoms with E-state index in [1.165, 1.54) is 12.3 Å². The van der Waals surface area contributed by atoms with Crippen LogP contribution in [0.1, 0.15) is 23.9 Å². The van der Waals surface area contributed by atoms with Gasteiger partial charge in [-0.1, -0.05) is 6.07 Å². The van der Waals surface area contributed by atoms with Crippen LogP contribution < -0.4 is 15.6 Å². The Morgan fingerprint density at radius 3 is 2.77 bits per heavy atom. The Morgan fingerprint density at radius 1 is 1.20 bits per heavy atom. The SMILES string of the molecule is Cc1nc(/C=N/Nc2ncc(F)c(N3CCOCC3C)n2)ccc1Nc1cccc(C(F)(F)F)c1. The van der Waals surface area contributed by atoms with Gasteiger partial charge in [-0.2, -0.15) is 23.3 Å². The number of nitrogens with one attached hydrogen (secondary N) is 2. The van der Waals surface area contributed by atoms with Crippen molar-refractivity contribution in [3.8, 4) is 0 Å². The largest absolute Gasteiger partial charge is 0.416 e. The van der Waals surface area contributed by atoms with E-state index < -0.39 is 17.6 Å². The molecule has 1 aliphatic rings. The first-order valence-electron chi connectivity index (χ1n) is 10.8. The second kappa shape index (κ2) is 10.2. The summed E-state index contributed by atoms with van der Waals surface area (Å²) in [5, 5.41) is 7.01. The lowest BCUT2D eigenvalue weighted by Crippen LogP contribution is -2.44. The van der Waals surface area contributed by atoms with Crippen LogP contribution in [0.15, 0.2) is 47.7 Å². The fourth-order valence-electron chi connectivity index (χ4n) is 3.52. The molecule has 1 saturated heterocycles. The quantitative estimate of drug-likeness (QED) is 0.294. The number of nitrogens with zero attached hydrogens (tertiary/aromatic N) is 5. The molecule has 184 valence electrons. The molecule has 0 bridgehead atoms. The molecule has 2 N–H and O–H groups in total. The first kappa shape index (κ1) is 24.3. The van der Waals surface area contributed by atoms with Crippen molar-refractivity contribution in [3.05, 3.63) is 65.4 Å². The number of pyridine rings is 1. The van der Waals surface area contributed by atoms with Gasteiger partial charge in [0.1, 0.15) is 0 Å². The van der Waals surface area contributed by atoms with Gasteiger partial charge in [0.05, 0.1) is 54.3 Å². The Hall–Kier alpha value is -3.80. The van der Waals surface area contributed by atoms with E-state index in [4.69, 9.17) is 4.74 Å². The van der Waals surface area contributed by atoms with Gasteiger partial charge in [0.2, 0.25) is 5.95 Å². The first-order valence-corrected chi connectivity index (χ1v) is 10.8. The predicted molar refractivity (Wildman–Crippen MR) is 125 cm³/mol. The summed E-state index contributed by atoms with van der Waals surface area (Å²) < 4.78 is 58.5. The number of rotatable bonds is 6. The van der Waals surface area contributed by atoms with Gasteiger partial charge < -0.3 is 15.0 Å². The minimum absolute atomic E-state index is 0.0280. The summed E-state index contributed by atoms with van der Waals surface area (Å²) in [5.41, 5.74) is 3.84. The summed E-state index contributed by atoms with van der Waals surface area (Å²) in [7, 11) is 0. The van der Waals surface area contributed by atoms with Gasteiger partial charge in [0.25, 0.3) is 0 Å². The number of ether oxygens (including phenoxy) is 1. The molecule has 0 spiro atoms. The van der Waals surface area contributed by atoms with Crippen LogP contribution in [0.3, 0.4) is 0 Å². The Morgan fingerprint density at radius 2 is 2.03 bits per heavy atom. The maximum absolute atomic E-state index is 14.3. The van der Waals surface area contributed by atoms with Crippen LogP contribution in [0.2, 0.25) is 0 Å². The number of hydrogen-bond donors (Lipinski definition) is 2. The van der Waals surface area contributed by atoms with Crippen molar-refractivity contribution in [2.45, 2.75) is 26.1 Å². The molecule has 12 heteroatoms. The lowest BCUT2D eigenvalue weighted by Gasteiger charge is -2.34. The average molecular weight is 489 g/mol. The highest BCUT2D eigenvalue weighted by atomic mass is 19.4. The van der Waals surface area contributed by atoms with E-state index in [-0.39, 0.29) is 17.8 Å². The van der Waals surface area contributed by atoms with Gasteiger partial charge in [-0.15, -0.1) is 0 Å². The molecule has 1 aliphatic heterocycles. The van der Waals surface area contributed by atoms with Crippen molar-refractivity contribution in [3.63, 3.8) is 0 Å². The topological polar surface area (TPSA) is 87.6 Å². The number of hydrazone groups is 1. The maximum atomic E-state index is 14.3. The molecular formula is C23H23F4N7O. The second-order valence-electron chi connectivity index (χ2n) is 7.93.